The third-order valence-electron chi connectivity index (χ3n) is 10.7. The first-order valence-electron chi connectivity index (χ1n) is 17.5. The van der Waals surface area contributed by atoms with Crippen LogP contribution in [0, 0.1) is 26.2 Å². The zero-order valence-electron chi connectivity index (χ0n) is 29.9. The van der Waals surface area contributed by atoms with Gasteiger partial charge in [0.15, 0.2) is 5.65 Å². The van der Waals surface area contributed by atoms with Crippen molar-refractivity contribution in [3.8, 4) is 11.8 Å². The molecule has 16 heteroatoms. The van der Waals surface area contributed by atoms with Gasteiger partial charge in [-0.2, -0.15) is 9.29 Å². The Kier molecular flexibility index (Phi) is 9.23. The van der Waals surface area contributed by atoms with Gasteiger partial charge in [0, 0.05) is 29.9 Å². The molecule has 1 atom stereocenters. The quantitative estimate of drug-likeness (QED) is 0.216. The minimum Gasteiger partial charge on any atom is -0.481 e. The molecule has 52 heavy (non-hydrogen) atoms. The standard InChI is InChI=1S/C36H43F2N7O6S/c1-21-8-9-25(28(35(4,5)34(46)47)24-10-15-45-30(23(24)3)41-42-31(45)29(37)38)39-26(21)19-44-20-36(11-12-36)51-33-27(52(44,48)49)18-22(2)32(40-33)50-17-16-43-13-6-7-14-43/h8-10,15,18,28-29H,6-7,11-14,16-17,19-20H2,1-5H3,(H,46,47). The van der Waals surface area contributed by atoms with Crippen molar-refractivity contribution in [2.75, 3.05) is 32.8 Å². The van der Waals surface area contributed by atoms with E-state index in [2.05, 4.69) is 20.1 Å². The highest BCUT2D eigenvalue weighted by atomic mass is 32.2. The van der Waals surface area contributed by atoms with E-state index in [1.165, 1.54) is 27.7 Å². The van der Waals surface area contributed by atoms with E-state index < -0.39 is 45.2 Å². The fraction of sp³-hybridized carbons (Fsp3) is 0.528. The Morgan fingerprint density at radius 2 is 1.81 bits per heavy atom. The van der Waals surface area contributed by atoms with E-state index in [4.69, 9.17) is 14.5 Å². The summed E-state index contributed by atoms with van der Waals surface area (Å²) in [5.74, 6) is -2.11. The zero-order chi connectivity index (χ0) is 37.2. The maximum atomic E-state index is 14.4. The number of aryl methyl sites for hydroxylation is 3. The summed E-state index contributed by atoms with van der Waals surface area (Å²) in [6.45, 7) is 11.7. The molecule has 0 bridgehead atoms. The molecular weight excluding hydrogens is 697 g/mol. The molecule has 13 nitrogen and oxygen atoms in total. The molecular formula is C36H43F2N7O6S. The number of sulfonamides is 1. The van der Waals surface area contributed by atoms with Crippen LogP contribution in [0.5, 0.6) is 11.8 Å². The first kappa shape index (κ1) is 36.1. The minimum absolute atomic E-state index is 0.0258. The maximum Gasteiger partial charge on any atom is 0.310 e. The number of hydrogen-bond donors (Lipinski definition) is 1. The number of halogens is 2. The van der Waals surface area contributed by atoms with Gasteiger partial charge in [0.1, 0.15) is 17.1 Å². The summed E-state index contributed by atoms with van der Waals surface area (Å²) in [4.78, 5) is 24.6. The average Bonchev–Trinajstić information content (AvgIpc) is 3.44. The second-order valence-corrected chi connectivity index (χ2v) is 16.7. The van der Waals surface area contributed by atoms with Crippen molar-refractivity contribution < 1.29 is 36.6 Å². The van der Waals surface area contributed by atoms with E-state index in [1.54, 1.807) is 52.0 Å². The monoisotopic (exact) mass is 739 g/mol. The SMILES string of the molecule is Cc1ccc(C(c2ccn3c(C(F)F)nnc3c2C)C(C)(C)C(=O)O)nc1CN1CC2(CC2)Oc2nc(OCCN3CCCC3)c(C)cc2S1(=O)=O. The second-order valence-electron chi connectivity index (χ2n) is 14.8. The number of pyridine rings is 3. The third kappa shape index (κ3) is 6.49. The Morgan fingerprint density at radius 3 is 2.48 bits per heavy atom. The first-order valence-corrected chi connectivity index (χ1v) is 18.9. The summed E-state index contributed by atoms with van der Waals surface area (Å²) < 4.78 is 71.0. The van der Waals surface area contributed by atoms with Gasteiger partial charge in [-0.1, -0.05) is 6.07 Å². The molecule has 1 saturated carbocycles. The highest BCUT2D eigenvalue weighted by Gasteiger charge is 2.53. The lowest BCUT2D eigenvalue weighted by Crippen LogP contribution is -2.38. The Morgan fingerprint density at radius 1 is 1.08 bits per heavy atom. The van der Waals surface area contributed by atoms with Crippen LogP contribution < -0.4 is 9.47 Å². The summed E-state index contributed by atoms with van der Waals surface area (Å²) in [5.41, 5.74) is 1.13. The van der Waals surface area contributed by atoms with Gasteiger partial charge >= 0.3 is 5.97 Å². The summed E-state index contributed by atoms with van der Waals surface area (Å²) in [6, 6.07) is 6.67. The van der Waals surface area contributed by atoms with Crippen LogP contribution >= 0.6 is 0 Å². The largest absolute Gasteiger partial charge is 0.481 e. The molecule has 1 unspecified atom stereocenters. The summed E-state index contributed by atoms with van der Waals surface area (Å²) in [5, 5.41) is 18.1. The Labute approximate surface area is 301 Å². The second kappa shape index (κ2) is 13.3. The number of carboxylic acids is 1. The fourth-order valence-electron chi connectivity index (χ4n) is 7.25. The summed E-state index contributed by atoms with van der Waals surface area (Å²) >= 11 is 0. The molecule has 0 aromatic carbocycles. The van der Waals surface area contributed by atoms with Crippen molar-refractivity contribution in [2.45, 2.75) is 89.7 Å². The molecule has 4 aromatic rings. The Hall–Kier alpha value is -4.28. The van der Waals surface area contributed by atoms with Crippen molar-refractivity contribution in [2.24, 2.45) is 5.41 Å². The molecule has 0 radical (unpaired) electrons. The topological polar surface area (TPSA) is 152 Å². The summed E-state index contributed by atoms with van der Waals surface area (Å²) in [7, 11) is -4.13. The molecule has 7 rings (SSSR count). The van der Waals surface area contributed by atoms with E-state index >= 15 is 0 Å². The number of carbonyl (C=O) groups is 1. The molecule has 1 saturated heterocycles. The van der Waals surface area contributed by atoms with Crippen LogP contribution in [0.15, 0.2) is 35.4 Å². The lowest BCUT2D eigenvalue weighted by atomic mass is 9.72. The highest BCUT2D eigenvalue weighted by Crippen LogP contribution is 2.47. The van der Waals surface area contributed by atoms with Crippen molar-refractivity contribution in [1.82, 2.24) is 33.8 Å². The molecule has 3 aliphatic rings. The number of rotatable bonds is 11. The molecule has 1 aliphatic carbocycles. The molecule has 4 aromatic heterocycles. The maximum absolute atomic E-state index is 14.4. The normalized spacial score (nSPS) is 19.1. The lowest BCUT2D eigenvalue weighted by Gasteiger charge is -2.32. The predicted molar refractivity (Wildman–Crippen MR) is 185 cm³/mol. The number of hydrogen-bond acceptors (Lipinski definition) is 10. The zero-order valence-corrected chi connectivity index (χ0v) is 30.7. The number of carboxylic acid groups (broad SMARTS) is 1. The van der Waals surface area contributed by atoms with Gasteiger partial charge in [-0.25, -0.2) is 17.2 Å². The summed E-state index contributed by atoms with van der Waals surface area (Å²) in [6.07, 6.45) is 2.21. The highest BCUT2D eigenvalue weighted by molar-refractivity contribution is 7.89. The van der Waals surface area contributed by atoms with E-state index in [0.717, 1.165) is 19.6 Å². The van der Waals surface area contributed by atoms with Crippen LogP contribution in [0.4, 0.5) is 8.78 Å². The number of aromatic nitrogens is 5. The van der Waals surface area contributed by atoms with E-state index in [1.807, 2.05) is 6.92 Å². The number of likely N-dealkylation sites (tertiary alicyclic amines) is 1. The number of alkyl halides is 2. The van der Waals surface area contributed by atoms with Crippen molar-refractivity contribution in [1.29, 1.82) is 0 Å². The molecule has 2 fully saturated rings. The van der Waals surface area contributed by atoms with Crippen LogP contribution in [0.25, 0.3) is 5.65 Å². The van der Waals surface area contributed by atoms with Crippen LogP contribution in [0.3, 0.4) is 0 Å². The smallest absolute Gasteiger partial charge is 0.310 e. The minimum atomic E-state index is -4.13. The van der Waals surface area contributed by atoms with Crippen molar-refractivity contribution in [3.63, 3.8) is 0 Å². The first-order chi connectivity index (χ1) is 24.6. The molecule has 1 spiro atoms. The Bertz CT molecular complexity index is 2150. The van der Waals surface area contributed by atoms with Crippen LogP contribution in [-0.2, 0) is 21.4 Å². The third-order valence-corrected chi connectivity index (χ3v) is 12.5. The molecule has 1 N–H and O–H groups in total. The predicted octanol–water partition coefficient (Wildman–Crippen LogP) is 5.22. The van der Waals surface area contributed by atoms with E-state index in [-0.39, 0.29) is 29.5 Å². The van der Waals surface area contributed by atoms with Crippen LogP contribution in [0.1, 0.15) is 91.3 Å². The number of fused-ring (bicyclic) bond motifs is 2. The average molecular weight is 740 g/mol. The van der Waals surface area contributed by atoms with Gasteiger partial charge in [-0.05, 0) is 108 Å². The van der Waals surface area contributed by atoms with E-state index in [9.17, 15) is 27.1 Å². The molecule has 6 heterocycles. The molecule has 0 amide bonds. The van der Waals surface area contributed by atoms with E-state index in [0.29, 0.717) is 59.0 Å². The fourth-order valence-corrected chi connectivity index (χ4v) is 8.86. The lowest BCUT2D eigenvalue weighted by molar-refractivity contribution is -0.147. The number of nitrogens with zero attached hydrogens (tertiary/aromatic N) is 7. The number of ether oxygens (including phenoxy) is 2. The van der Waals surface area contributed by atoms with Crippen LogP contribution in [0.2, 0.25) is 0 Å². The number of aliphatic carboxylic acids is 1. The van der Waals surface area contributed by atoms with Crippen molar-refractivity contribution >= 4 is 21.6 Å². The van der Waals surface area contributed by atoms with Gasteiger partial charge in [0.05, 0.1) is 24.2 Å². The van der Waals surface area contributed by atoms with Crippen LogP contribution in [-0.4, -0.2) is 91.7 Å². The van der Waals surface area contributed by atoms with Gasteiger partial charge in [-0.15, -0.1) is 10.2 Å². The van der Waals surface area contributed by atoms with Gasteiger partial charge in [0.25, 0.3) is 6.43 Å². The molecule has 278 valence electrons. The Balaban J connectivity index is 1.23. The van der Waals surface area contributed by atoms with Gasteiger partial charge in [0.2, 0.25) is 27.6 Å². The molecule has 2 aliphatic heterocycles. The van der Waals surface area contributed by atoms with Gasteiger partial charge < -0.3 is 14.6 Å². The van der Waals surface area contributed by atoms with Gasteiger partial charge in [-0.3, -0.25) is 19.1 Å². The van der Waals surface area contributed by atoms with Crippen molar-refractivity contribution in [3.05, 3.63) is 69.9 Å².